The van der Waals surface area contributed by atoms with Crippen LogP contribution in [0.25, 0.3) is 5.69 Å². The molecule has 0 bridgehead atoms. The molecule has 14 heteroatoms. The summed E-state index contributed by atoms with van der Waals surface area (Å²) in [4.78, 5) is 25.9. The van der Waals surface area contributed by atoms with Crippen molar-refractivity contribution in [3.05, 3.63) is 35.8 Å². The van der Waals surface area contributed by atoms with E-state index < -0.39 is 18.3 Å². The molecule has 0 unspecified atom stereocenters. The molecule has 0 radical (unpaired) electrons. The number of piperidine rings is 1. The number of amides is 1. The minimum Gasteiger partial charge on any atom is -0.495 e. The Kier molecular flexibility index (Phi) is 6.94. The molecule has 2 fully saturated rings. The van der Waals surface area contributed by atoms with Gasteiger partial charge >= 0.3 is 5.92 Å². The first kappa shape index (κ1) is 26.3. The number of halogens is 2. The van der Waals surface area contributed by atoms with Crippen LogP contribution in [0, 0.1) is 0 Å². The van der Waals surface area contributed by atoms with Crippen LogP contribution in [-0.2, 0) is 5.92 Å². The Labute approximate surface area is 230 Å². The Hall–Kier alpha value is -3.94. The van der Waals surface area contributed by atoms with Crippen molar-refractivity contribution in [1.29, 1.82) is 0 Å². The Morgan fingerprint density at radius 3 is 2.67 bits per heavy atom. The van der Waals surface area contributed by atoms with Crippen molar-refractivity contribution in [3.8, 4) is 11.4 Å². The van der Waals surface area contributed by atoms with E-state index >= 15 is 8.78 Å². The van der Waals surface area contributed by atoms with Gasteiger partial charge in [-0.3, -0.25) is 4.79 Å². The number of nitrogens with one attached hydrogen (secondary N) is 2. The molecule has 212 valence electrons. The third kappa shape index (κ3) is 5.03. The minimum atomic E-state index is -3.27. The van der Waals surface area contributed by atoms with E-state index in [4.69, 9.17) is 4.74 Å². The quantitative estimate of drug-likeness (QED) is 0.470. The lowest BCUT2D eigenvalue weighted by Crippen LogP contribution is -2.43. The number of aromatic nitrogens is 6. The smallest absolute Gasteiger partial charge is 0.325 e. The molecular weight excluding hydrogens is 522 g/mol. The van der Waals surface area contributed by atoms with Crippen LogP contribution in [0.5, 0.6) is 5.75 Å². The van der Waals surface area contributed by atoms with Gasteiger partial charge in [-0.2, -0.15) is 18.4 Å². The second-order valence-corrected chi connectivity index (χ2v) is 10.7. The molecule has 1 saturated carbocycles. The average Bonchev–Trinajstić information content (AvgIpc) is 3.65. The lowest BCUT2D eigenvalue weighted by Gasteiger charge is -2.31. The highest BCUT2D eigenvalue weighted by Crippen LogP contribution is 2.40. The molecule has 2 aliphatic heterocycles. The Morgan fingerprint density at radius 2 is 1.93 bits per heavy atom. The zero-order chi connectivity index (χ0) is 27.9. The van der Waals surface area contributed by atoms with Crippen LogP contribution < -0.4 is 20.3 Å². The van der Waals surface area contributed by atoms with Gasteiger partial charge in [0.15, 0.2) is 5.82 Å². The maximum Gasteiger partial charge on any atom is 0.325 e. The van der Waals surface area contributed by atoms with Crippen LogP contribution in [0.4, 0.5) is 26.2 Å². The molecule has 1 aliphatic carbocycles. The van der Waals surface area contributed by atoms with Gasteiger partial charge in [0.1, 0.15) is 11.4 Å². The van der Waals surface area contributed by atoms with Crippen LogP contribution in [0.2, 0.25) is 0 Å². The van der Waals surface area contributed by atoms with Crippen molar-refractivity contribution in [2.24, 2.45) is 0 Å². The largest absolute Gasteiger partial charge is 0.495 e. The molecule has 1 aromatic carbocycles. The Balaban J connectivity index is 1.27. The number of hydrogen-bond donors (Lipinski definition) is 2. The average molecular weight is 555 g/mol. The predicted molar refractivity (Wildman–Crippen MR) is 143 cm³/mol. The molecule has 2 aromatic heterocycles. The van der Waals surface area contributed by atoms with E-state index in [0.29, 0.717) is 28.5 Å². The van der Waals surface area contributed by atoms with E-state index in [1.807, 2.05) is 0 Å². The third-order valence-corrected chi connectivity index (χ3v) is 7.95. The summed E-state index contributed by atoms with van der Waals surface area (Å²) in [5.41, 5.74) is 1.31. The first-order valence-corrected chi connectivity index (χ1v) is 13.6. The van der Waals surface area contributed by atoms with E-state index in [9.17, 15) is 4.79 Å². The van der Waals surface area contributed by atoms with Crippen LogP contribution in [-0.4, -0.2) is 86.9 Å². The zero-order valence-corrected chi connectivity index (χ0v) is 22.5. The molecule has 4 heterocycles. The number of carbonyl (C=O) groups excluding carboxylic acids is 1. The van der Waals surface area contributed by atoms with Crippen molar-refractivity contribution in [3.63, 3.8) is 0 Å². The number of carbonyl (C=O) groups is 1. The monoisotopic (exact) mass is 554 g/mol. The standard InChI is InChI=1S/C26H32F2N10O2/c1-36-11-9-17(10-12-36)30-23(39)16-7-8-19(21(13-16)40-2)31-25-29-14-20-22(32-25)37(18-5-3-4-6-18)15-26(27,28)24-33-34-35-38(20)24/h7-8,13-14,17-18H,3-6,9-12,15H2,1-2H3,(H,30,39)(H,29,31,32). The molecule has 3 aromatic rings. The van der Waals surface area contributed by atoms with Crippen molar-refractivity contribution >= 4 is 23.4 Å². The lowest BCUT2D eigenvalue weighted by atomic mass is 10.0. The molecule has 12 nitrogen and oxygen atoms in total. The second kappa shape index (κ2) is 10.6. The predicted octanol–water partition coefficient (Wildman–Crippen LogP) is 2.88. The van der Waals surface area contributed by atoms with Gasteiger partial charge in [0.25, 0.3) is 5.91 Å². The fraction of sp³-hybridized carbons (Fsp3) is 0.538. The van der Waals surface area contributed by atoms with E-state index in [1.165, 1.54) is 13.3 Å². The van der Waals surface area contributed by atoms with Gasteiger partial charge < -0.3 is 25.2 Å². The third-order valence-electron chi connectivity index (χ3n) is 7.95. The van der Waals surface area contributed by atoms with Gasteiger partial charge in [-0.05, 0) is 74.4 Å². The number of rotatable bonds is 6. The minimum absolute atomic E-state index is 0.0816. The van der Waals surface area contributed by atoms with Gasteiger partial charge in [0.2, 0.25) is 11.8 Å². The highest BCUT2D eigenvalue weighted by molar-refractivity contribution is 5.95. The van der Waals surface area contributed by atoms with Gasteiger partial charge in [-0.15, -0.1) is 5.10 Å². The van der Waals surface area contributed by atoms with Crippen LogP contribution in [0.15, 0.2) is 24.4 Å². The first-order valence-electron chi connectivity index (χ1n) is 13.6. The number of likely N-dealkylation sites (tertiary alicyclic amines) is 1. The number of hydrogen-bond acceptors (Lipinski definition) is 10. The number of nitrogens with zero attached hydrogens (tertiary/aromatic N) is 8. The molecule has 0 spiro atoms. The normalized spacial score (nSPS) is 19.6. The summed E-state index contributed by atoms with van der Waals surface area (Å²) in [5, 5.41) is 17.1. The molecule has 1 saturated heterocycles. The van der Waals surface area contributed by atoms with Gasteiger partial charge in [0.05, 0.1) is 25.5 Å². The van der Waals surface area contributed by atoms with Gasteiger partial charge in [-0.25, -0.2) is 4.98 Å². The van der Waals surface area contributed by atoms with E-state index in [-0.39, 0.29) is 23.9 Å². The second-order valence-electron chi connectivity index (χ2n) is 10.7. The summed E-state index contributed by atoms with van der Waals surface area (Å²) in [6.07, 6.45) is 6.80. The summed E-state index contributed by atoms with van der Waals surface area (Å²) in [5.74, 6) is -3.00. The Bertz CT molecular complexity index is 1390. The number of benzene rings is 1. The maximum absolute atomic E-state index is 15.3. The first-order chi connectivity index (χ1) is 19.3. The number of tetrazole rings is 1. The lowest BCUT2D eigenvalue weighted by molar-refractivity contribution is -0.00795. The number of fused-ring (bicyclic) bond motifs is 3. The van der Waals surface area contributed by atoms with Gasteiger partial charge in [0, 0.05) is 17.6 Å². The number of alkyl halides is 2. The molecule has 1 amide bonds. The summed E-state index contributed by atoms with van der Waals surface area (Å²) in [6.45, 7) is 1.32. The summed E-state index contributed by atoms with van der Waals surface area (Å²) >= 11 is 0. The van der Waals surface area contributed by atoms with Crippen LogP contribution in [0.3, 0.4) is 0 Å². The SMILES string of the molecule is COc1cc(C(=O)NC2CCN(C)CC2)ccc1Nc1ncc2c(n1)N(C1CCCC1)CC(F)(F)c1nnnn1-2. The molecule has 2 N–H and O–H groups in total. The van der Waals surface area contributed by atoms with E-state index in [0.717, 1.165) is 56.3 Å². The molecule has 40 heavy (non-hydrogen) atoms. The highest BCUT2D eigenvalue weighted by Gasteiger charge is 2.46. The van der Waals surface area contributed by atoms with Crippen molar-refractivity contribution in [2.45, 2.75) is 56.5 Å². The zero-order valence-electron chi connectivity index (χ0n) is 22.5. The summed E-state index contributed by atoms with van der Waals surface area (Å²) < 4.78 is 37.1. The summed E-state index contributed by atoms with van der Waals surface area (Å²) in [7, 11) is 3.59. The van der Waals surface area contributed by atoms with Crippen molar-refractivity contribution < 1.29 is 18.3 Å². The van der Waals surface area contributed by atoms with E-state index in [2.05, 4.69) is 48.1 Å². The fourth-order valence-electron chi connectivity index (χ4n) is 5.72. The van der Waals surface area contributed by atoms with Crippen LogP contribution >= 0.6 is 0 Å². The molecule has 6 rings (SSSR count). The summed E-state index contributed by atoms with van der Waals surface area (Å²) in [6, 6.07) is 5.14. The van der Waals surface area contributed by atoms with Crippen molar-refractivity contribution in [2.75, 3.05) is 44.0 Å². The number of anilines is 3. The van der Waals surface area contributed by atoms with Crippen molar-refractivity contribution in [1.82, 2.24) is 40.4 Å². The van der Waals surface area contributed by atoms with Crippen LogP contribution in [0.1, 0.15) is 54.7 Å². The number of ether oxygens (including phenoxy) is 1. The highest BCUT2D eigenvalue weighted by atomic mass is 19.3. The molecule has 0 atom stereocenters. The topological polar surface area (TPSA) is 126 Å². The fourth-order valence-corrected chi connectivity index (χ4v) is 5.72. The molecular formula is C26H32F2N10O2. The maximum atomic E-state index is 15.3. The van der Waals surface area contributed by atoms with Gasteiger partial charge in [-0.1, -0.05) is 12.8 Å². The van der Waals surface area contributed by atoms with E-state index in [1.54, 1.807) is 23.1 Å². The molecule has 3 aliphatic rings. The number of methoxy groups -OCH3 is 1. The Morgan fingerprint density at radius 1 is 1.15 bits per heavy atom.